The van der Waals surface area contributed by atoms with Crippen molar-refractivity contribution < 1.29 is 22.7 Å². The Morgan fingerprint density at radius 2 is 1.64 bits per heavy atom. The zero-order valence-corrected chi connectivity index (χ0v) is 21.9. The van der Waals surface area contributed by atoms with Crippen molar-refractivity contribution in [3.63, 3.8) is 0 Å². The van der Waals surface area contributed by atoms with Crippen molar-refractivity contribution in [2.75, 3.05) is 5.32 Å². The SMILES string of the molecule is Cc1ccc(C23C[C@H]4C[C@@H](CC(C(=O)O[C@@H](C)C(=O)Nc5ccc(S(N)(=O)=O)cc5)(C4)C2)C3)cc1C. The summed E-state index contributed by atoms with van der Waals surface area (Å²) in [6.45, 7) is 5.84. The maximum Gasteiger partial charge on any atom is 0.312 e. The molecule has 192 valence electrons. The van der Waals surface area contributed by atoms with Crippen molar-refractivity contribution in [1.82, 2.24) is 0 Å². The lowest BCUT2D eigenvalue weighted by molar-refractivity contribution is -0.180. The Morgan fingerprint density at radius 3 is 2.22 bits per heavy atom. The molecule has 1 amide bonds. The van der Waals surface area contributed by atoms with Crippen LogP contribution in [0.5, 0.6) is 0 Å². The molecule has 4 bridgehead atoms. The van der Waals surface area contributed by atoms with Gasteiger partial charge < -0.3 is 10.1 Å². The molecule has 0 saturated heterocycles. The molecule has 0 radical (unpaired) electrons. The average molecular weight is 511 g/mol. The van der Waals surface area contributed by atoms with Crippen molar-refractivity contribution in [3.8, 4) is 0 Å². The Hall–Kier alpha value is -2.71. The molecule has 3 N–H and O–H groups in total. The van der Waals surface area contributed by atoms with Crippen LogP contribution in [0.25, 0.3) is 0 Å². The fourth-order valence-corrected chi connectivity index (χ4v) is 7.74. The molecule has 6 rings (SSSR count). The predicted molar refractivity (Wildman–Crippen MR) is 137 cm³/mol. The first-order valence-electron chi connectivity index (χ1n) is 12.6. The highest BCUT2D eigenvalue weighted by molar-refractivity contribution is 7.89. The minimum atomic E-state index is -3.81. The zero-order valence-electron chi connectivity index (χ0n) is 21.0. The van der Waals surface area contributed by atoms with Gasteiger partial charge in [0.05, 0.1) is 10.3 Å². The van der Waals surface area contributed by atoms with Crippen LogP contribution in [0.3, 0.4) is 0 Å². The number of carbonyl (C=O) groups is 2. The van der Waals surface area contributed by atoms with Gasteiger partial charge in [0.1, 0.15) is 0 Å². The van der Waals surface area contributed by atoms with Crippen LogP contribution in [0.4, 0.5) is 5.69 Å². The molecule has 2 aromatic rings. The van der Waals surface area contributed by atoms with E-state index >= 15 is 0 Å². The molecule has 3 atom stereocenters. The molecule has 4 fully saturated rings. The normalized spacial score (nSPS) is 29.6. The first-order chi connectivity index (χ1) is 16.9. The van der Waals surface area contributed by atoms with Gasteiger partial charge in [0.25, 0.3) is 5.91 Å². The van der Waals surface area contributed by atoms with E-state index in [2.05, 4.69) is 37.4 Å². The first kappa shape index (κ1) is 25.0. The number of nitrogens with one attached hydrogen (secondary N) is 1. The number of esters is 1. The molecule has 4 saturated carbocycles. The fraction of sp³-hybridized carbons (Fsp3) is 0.500. The van der Waals surface area contributed by atoms with E-state index in [0.29, 0.717) is 17.5 Å². The van der Waals surface area contributed by atoms with E-state index in [1.165, 1.54) is 47.4 Å². The number of amides is 1. The largest absolute Gasteiger partial charge is 0.452 e. The van der Waals surface area contributed by atoms with Gasteiger partial charge in [0.15, 0.2) is 6.10 Å². The van der Waals surface area contributed by atoms with Crippen LogP contribution in [-0.2, 0) is 29.8 Å². The Labute approximate surface area is 212 Å². The molecule has 0 spiro atoms. The number of aryl methyl sites for hydroxylation is 2. The number of hydrogen-bond donors (Lipinski definition) is 2. The summed E-state index contributed by atoms with van der Waals surface area (Å²) in [5.74, 6) is 0.279. The number of ether oxygens (including phenoxy) is 1. The lowest BCUT2D eigenvalue weighted by Gasteiger charge is -2.61. The molecule has 36 heavy (non-hydrogen) atoms. The first-order valence-corrected chi connectivity index (χ1v) is 14.2. The highest BCUT2D eigenvalue weighted by Gasteiger charge is 2.61. The van der Waals surface area contributed by atoms with Gasteiger partial charge in [-0.15, -0.1) is 0 Å². The van der Waals surface area contributed by atoms with Crippen molar-refractivity contribution in [1.29, 1.82) is 0 Å². The second kappa shape index (κ2) is 8.70. The van der Waals surface area contributed by atoms with Gasteiger partial charge in [-0.2, -0.15) is 0 Å². The monoisotopic (exact) mass is 510 g/mol. The molecule has 0 aliphatic heterocycles. The third-order valence-electron chi connectivity index (χ3n) is 8.72. The van der Waals surface area contributed by atoms with Crippen molar-refractivity contribution in [2.24, 2.45) is 22.4 Å². The van der Waals surface area contributed by atoms with E-state index in [1.54, 1.807) is 6.92 Å². The topological polar surface area (TPSA) is 116 Å². The molecular formula is C28H34N2O5S. The van der Waals surface area contributed by atoms with Crippen molar-refractivity contribution in [2.45, 2.75) is 75.7 Å². The molecule has 2 aromatic carbocycles. The summed E-state index contributed by atoms with van der Waals surface area (Å²) in [6.07, 6.45) is 4.87. The molecule has 4 aliphatic carbocycles. The second-order valence-electron chi connectivity index (χ2n) is 11.4. The van der Waals surface area contributed by atoms with Crippen molar-refractivity contribution >= 4 is 27.6 Å². The van der Waals surface area contributed by atoms with Crippen molar-refractivity contribution in [3.05, 3.63) is 59.2 Å². The molecule has 0 heterocycles. The van der Waals surface area contributed by atoms with Gasteiger partial charge in [-0.1, -0.05) is 18.2 Å². The number of rotatable bonds is 6. The van der Waals surface area contributed by atoms with Gasteiger partial charge in [0.2, 0.25) is 10.0 Å². The predicted octanol–water partition coefficient (Wildman–Crippen LogP) is 4.36. The second-order valence-corrected chi connectivity index (χ2v) is 13.0. The smallest absolute Gasteiger partial charge is 0.312 e. The zero-order chi connectivity index (χ0) is 25.9. The van der Waals surface area contributed by atoms with E-state index in [1.807, 2.05) is 0 Å². The van der Waals surface area contributed by atoms with E-state index < -0.39 is 27.4 Å². The van der Waals surface area contributed by atoms with Gasteiger partial charge in [0, 0.05) is 5.69 Å². The number of anilines is 1. The molecule has 0 aromatic heterocycles. The summed E-state index contributed by atoms with van der Waals surface area (Å²) in [5.41, 5.74) is 3.75. The van der Waals surface area contributed by atoms with E-state index in [4.69, 9.17) is 9.88 Å². The Balaban J connectivity index is 1.30. The average Bonchev–Trinajstić information content (AvgIpc) is 2.79. The van der Waals surface area contributed by atoms with Crippen LogP contribution in [-0.4, -0.2) is 26.4 Å². The van der Waals surface area contributed by atoms with E-state index in [9.17, 15) is 18.0 Å². The number of sulfonamides is 1. The molecule has 0 unspecified atom stereocenters. The minimum Gasteiger partial charge on any atom is -0.452 e. The third-order valence-corrected chi connectivity index (χ3v) is 9.65. The molecule has 8 heteroatoms. The van der Waals surface area contributed by atoms with E-state index in [-0.39, 0.29) is 16.3 Å². The summed E-state index contributed by atoms with van der Waals surface area (Å²) in [4.78, 5) is 26.4. The molecule has 4 aliphatic rings. The maximum atomic E-state index is 13.6. The van der Waals surface area contributed by atoms with Crippen LogP contribution in [0.1, 0.15) is 62.1 Å². The number of hydrogen-bond acceptors (Lipinski definition) is 5. The van der Waals surface area contributed by atoms with Crippen LogP contribution in [0.2, 0.25) is 0 Å². The number of primary sulfonamides is 1. The Morgan fingerprint density at radius 1 is 1.00 bits per heavy atom. The Bertz CT molecular complexity index is 1300. The highest BCUT2D eigenvalue weighted by atomic mass is 32.2. The third kappa shape index (κ3) is 4.45. The van der Waals surface area contributed by atoms with Gasteiger partial charge >= 0.3 is 5.97 Å². The highest BCUT2D eigenvalue weighted by Crippen LogP contribution is 2.66. The van der Waals surface area contributed by atoms with Crippen LogP contribution < -0.4 is 10.5 Å². The quantitative estimate of drug-likeness (QED) is 0.560. The van der Waals surface area contributed by atoms with Gasteiger partial charge in [-0.05, 0) is 118 Å². The summed E-state index contributed by atoms with van der Waals surface area (Å²) in [5, 5.41) is 7.82. The summed E-state index contributed by atoms with van der Waals surface area (Å²) >= 11 is 0. The minimum absolute atomic E-state index is 0.00185. The lowest BCUT2D eigenvalue weighted by Crippen LogP contribution is -2.57. The standard InChI is InChI=1S/C28H34N2O5S/c1-17-4-5-22(10-18(17)2)27-12-20-11-21(13-27)15-28(14-20,16-27)26(32)35-19(3)25(31)30-23-6-8-24(9-7-23)36(29,33)34/h4-10,19-21H,11-16H2,1-3H3,(H,30,31)(H2,29,33,34)/t19-,20+,21+,27?,28?/m0/s1. The van der Waals surface area contributed by atoms with E-state index in [0.717, 1.165) is 32.1 Å². The van der Waals surface area contributed by atoms with Gasteiger partial charge in [-0.25, -0.2) is 13.6 Å². The maximum absolute atomic E-state index is 13.6. The number of carbonyl (C=O) groups excluding carboxylic acids is 2. The molecular weight excluding hydrogens is 476 g/mol. The lowest BCUT2D eigenvalue weighted by atomic mass is 9.43. The number of benzene rings is 2. The van der Waals surface area contributed by atoms with Crippen LogP contribution in [0, 0.1) is 31.1 Å². The van der Waals surface area contributed by atoms with Crippen LogP contribution >= 0.6 is 0 Å². The molecule has 7 nitrogen and oxygen atoms in total. The summed E-state index contributed by atoms with van der Waals surface area (Å²) in [7, 11) is -3.81. The van der Waals surface area contributed by atoms with Crippen LogP contribution in [0.15, 0.2) is 47.4 Å². The fourth-order valence-electron chi connectivity index (χ4n) is 7.22. The van der Waals surface area contributed by atoms with Gasteiger partial charge in [-0.3, -0.25) is 9.59 Å². The summed E-state index contributed by atoms with van der Waals surface area (Å²) < 4.78 is 28.7. The summed E-state index contributed by atoms with van der Waals surface area (Å²) in [6, 6.07) is 12.3. The Kier molecular flexibility index (Phi) is 6.03. The number of nitrogens with two attached hydrogens (primary N) is 1.